The molecule has 0 spiro atoms. The largest absolute Gasteiger partial charge is 0.426 e. The summed E-state index contributed by atoms with van der Waals surface area (Å²) in [6, 6.07) is 0. The Morgan fingerprint density at radius 1 is 1.29 bits per heavy atom. The molecule has 32 valence electrons. The zero-order valence-corrected chi connectivity index (χ0v) is 3.83. The molecule has 0 saturated heterocycles. The molecule has 0 aliphatic carbocycles. The predicted octanol–water partition coefficient (Wildman–Crippen LogP) is -0.901. The van der Waals surface area contributed by atoms with Gasteiger partial charge in [0.15, 0.2) is 0 Å². The van der Waals surface area contributed by atoms with Gasteiger partial charge in [-0.3, -0.25) is 0 Å². The van der Waals surface area contributed by atoms with Crippen molar-refractivity contribution < 1.29 is 9.31 Å². The minimum atomic E-state index is -0.681. The third-order valence-electron chi connectivity index (χ3n) is 0.496. The standard InChI is InChI=1S/C2H3B3O2/c3-1-2(6-4)7-5/h2H,1H2. The van der Waals surface area contributed by atoms with Crippen LogP contribution in [-0.2, 0) is 9.31 Å². The van der Waals surface area contributed by atoms with Gasteiger partial charge in [0.05, 0.1) is 7.85 Å². The molecule has 0 amide bonds. The van der Waals surface area contributed by atoms with E-state index in [1.807, 2.05) is 0 Å². The Hall–Kier alpha value is 0.115. The Morgan fingerprint density at radius 3 is 1.71 bits per heavy atom. The van der Waals surface area contributed by atoms with Crippen LogP contribution in [0.4, 0.5) is 0 Å². The lowest BCUT2D eigenvalue weighted by Crippen LogP contribution is -2.12. The van der Waals surface area contributed by atoms with Gasteiger partial charge in [-0.05, 0) is 6.32 Å². The maximum absolute atomic E-state index is 4.98. The second-order valence-corrected chi connectivity index (χ2v) is 0.937. The fraction of sp³-hybridized carbons (Fsp3) is 1.00. The molecule has 0 aromatic carbocycles. The highest BCUT2D eigenvalue weighted by atomic mass is 16.6. The third-order valence-corrected chi connectivity index (χ3v) is 0.496. The number of hydrogen-bond acceptors (Lipinski definition) is 2. The molecule has 0 rings (SSSR count). The molecule has 0 saturated carbocycles. The van der Waals surface area contributed by atoms with Gasteiger partial charge in [0.2, 0.25) is 0 Å². The van der Waals surface area contributed by atoms with E-state index in [2.05, 4.69) is 25.4 Å². The van der Waals surface area contributed by atoms with Crippen molar-refractivity contribution in [1.82, 2.24) is 0 Å². The van der Waals surface area contributed by atoms with Crippen LogP contribution in [0.15, 0.2) is 0 Å². The minimum Gasteiger partial charge on any atom is -0.426 e. The summed E-state index contributed by atoms with van der Waals surface area (Å²) < 4.78 is 8.15. The van der Waals surface area contributed by atoms with E-state index in [9.17, 15) is 0 Å². The lowest BCUT2D eigenvalue weighted by atomic mass is 10.0. The normalized spacial score (nSPS) is 9.86. The molecule has 0 atom stereocenters. The van der Waals surface area contributed by atoms with E-state index in [-0.39, 0.29) is 6.32 Å². The van der Waals surface area contributed by atoms with Crippen LogP contribution in [0.3, 0.4) is 0 Å². The Kier molecular flexibility index (Phi) is 4.35. The molecule has 0 aliphatic heterocycles. The van der Waals surface area contributed by atoms with E-state index in [1.54, 1.807) is 0 Å². The summed E-state index contributed by atoms with van der Waals surface area (Å²) in [6.45, 7) is 0. The molecular formula is C2H3B3O2. The van der Waals surface area contributed by atoms with Crippen LogP contribution >= 0.6 is 0 Å². The molecular weight excluding hydrogens is 88.5 g/mol. The van der Waals surface area contributed by atoms with Gasteiger partial charge in [0, 0.05) is 0 Å². The van der Waals surface area contributed by atoms with E-state index in [0.29, 0.717) is 0 Å². The first kappa shape index (κ1) is 7.11. The summed E-state index contributed by atoms with van der Waals surface area (Å²) >= 11 is 0. The van der Waals surface area contributed by atoms with Gasteiger partial charge in [-0.25, -0.2) is 0 Å². The maximum Gasteiger partial charge on any atom is 0.286 e. The van der Waals surface area contributed by atoms with E-state index in [4.69, 9.17) is 7.85 Å². The van der Waals surface area contributed by atoms with Gasteiger partial charge in [-0.2, -0.15) is 0 Å². The molecule has 0 aromatic heterocycles. The van der Waals surface area contributed by atoms with Crippen LogP contribution in [0.5, 0.6) is 0 Å². The average molecular weight is 91.5 g/mol. The Balaban J connectivity index is 2.99. The lowest BCUT2D eigenvalue weighted by Gasteiger charge is -2.10. The van der Waals surface area contributed by atoms with E-state index in [0.717, 1.165) is 0 Å². The molecule has 0 unspecified atom stereocenters. The van der Waals surface area contributed by atoms with Gasteiger partial charge in [0.25, 0.3) is 16.1 Å². The Labute approximate surface area is 46.9 Å². The molecule has 0 aromatic rings. The highest BCUT2D eigenvalue weighted by Gasteiger charge is 1.95. The van der Waals surface area contributed by atoms with Gasteiger partial charge in [0.1, 0.15) is 6.29 Å². The summed E-state index contributed by atoms with van der Waals surface area (Å²) in [6.07, 6.45) is -0.521. The van der Waals surface area contributed by atoms with Crippen molar-refractivity contribution in [1.29, 1.82) is 0 Å². The van der Waals surface area contributed by atoms with E-state index in [1.165, 1.54) is 0 Å². The number of hydrogen-bond donors (Lipinski definition) is 0. The molecule has 0 fully saturated rings. The fourth-order valence-electron chi connectivity index (χ4n) is 0.143. The molecule has 7 heavy (non-hydrogen) atoms. The first-order chi connectivity index (χ1) is 3.35. The van der Waals surface area contributed by atoms with Crippen LogP contribution in [0.1, 0.15) is 0 Å². The van der Waals surface area contributed by atoms with Crippen molar-refractivity contribution in [3.05, 3.63) is 0 Å². The van der Waals surface area contributed by atoms with Crippen molar-refractivity contribution in [3.63, 3.8) is 0 Å². The first-order valence-electron chi connectivity index (χ1n) is 1.76. The maximum atomic E-state index is 4.98. The third kappa shape index (κ3) is 2.77. The van der Waals surface area contributed by atoms with Crippen LogP contribution in [0, 0.1) is 0 Å². The molecule has 6 radical (unpaired) electrons. The SMILES string of the molecule is [B]CC(O[B])O[B]. The molecule has 0 bridgehead atoms. The van der Waals surface area contributed by atoms with E-state index < -0.39 is 6.29 Å². The summed E-state index contributed by atoms with van der Waals surface area (Å²) in [5.74, 6) is 0. The minimum absolute atomic E-state index is 0.160. The highest BCUT2D eigenvalue weighted by Crippen LogP contribution is 1.90. The summed E-state index contributed by atoms with van der Waals surface area (Å²) in [7, 11) is 14.2. The van der Waals surface area contributed by atoms with Crippen molar-refractivity contribution in [3.8, 4) is 0 Å². The van der Waals surface area contributed by atoms with Crippen LogP contribution in [0.25, 0.3) is 0 Å². The average Bonchev–Trinajstić information content (AvgIpc) is 1.72. The predicted molar refractivity (Wildman–Crippen MR) is 28.0 cm³/mol. The van der Waals surface area contributed by atoms with Gasteiger partial charge < -0.3 is 9.31 Å². The summed E-state index contributed by atoms with van der Waals surface area (Å²) in [4.78, 5) is 0. The van der Waals surface area contributed by atoms with Gasteiger partial charge in [-0.15, -0.1) is 0 Å². The van der Waals surface area contributed by atoms with Crippen molar-refractivity contribution >= 4 is 23.9 Å². The summed E-state index contributed by atoms with van der Waals surface area (Å²) in [5.41, 5.74) is 0. The smallest absolute Gasteiger partial charge is 0.286 e. The summed E-state index contributed by atoms with van der Waals surface area (Å²) in [5, 5.41) is 0. The topological polar surface area (TPSA) is 18.5 Å². The Bertz CT molecular complexity index is 32.4. The molecule has 5 heteroatoms. The second-order valence-electron chi connectivity index (χ2n) is 0.937. The zero-order valence-electron chi connectivity index (χ0n) is 3.83. The van der Waals surface area contributed by atoms with Crippen LogP contribution in [-0.4, -0.2) is 30.2 Å². The zero-order chi connectivity index (χ0) is 5.70. The number of rotatable bonds is 3. The quantitative estimate of drug-likeness (QED) is 0.331. The fourth-order valence-corrected chi connectivity index (χ4v) is 0.143. The van der Waals surface area contributed by atoms with Gasteiger partial charge >= 0.3 is 0 Å². The molecule has 2 nitrogen and oxygen atoms in total. The Morgan fingerprint density at radius 2 is 1.71 bits per heavy atom. The monoisotopic (exact) mass is 92.0 g/mol. The lowest BCUT2D eigenvalue weighted by molar-refractivity contribution is 0.0381. The van der Waals surface area contributed by atoms with Crippen LogP contribution < -0.4 is 0 Å². The van der Waals surface area contributed by atoms with Gasteiger partial charge in [-0.1, -0.05) is 0 Å². The first-order valence-corrected chi connectivity index (χ1v) is 1.76. The van der Waals surface area contributed by atoms with Crippen molar-refractivity contribution in [2.24, 2.45) is 0 Å². The van der Waals surface area contributed by atoms with E-state index >= 15 is 0 Å². The molecule has 0 N–H and O–H groups in total. The van der Waals surface area contributed by atoms with Crippen molar-refractivity contribution in [2.75, 3.05) is 0 Å². The highest BCUT2D eigenvalue weighted by molar-refractivity contribution is 6.09. The van der Waals surface area contributed by atoms with Crippen LogP contribution in [0.2, 0.25) is 6.32 Å². The molecule has 0 heterocycles. The molecule has 0 aliphatic rings. The van der Waals surface area contributed by atoms with Crippen molar-refractivity contribution in [2.45, 2.75) is 12.6 Å². The second kappa shape index (κ2) is 4.28.